The molecule has 0 radical (unpaired) electrons. The summed E-state index contributed by atoms with van der Waals surface area (Å²) in [7, 11) is -3.99. The van der Waals surface area contributed by atoms with E-state index in [1.165, 1.54) is 12.1 Å². The molecule has 1 heterocycles. The number of aromatic nitrogens is 2. The van der Waals surface area contributed by atoms with Crippen LogP contribution in [-0.2, 0) is 14.8 Å². The van der Waals surface area contributed by atoms with Gasteiger partial charge in [-0.2, -0.15) is 8.75 Å². The molecular formula is C11H12N3O4S2-. The lowest BCUT2D eigenvalue weighted by Crippen LogP contribution is -2.47. The van der Waals surface area contributed by atoms with Gasteiger partial charge in [0, 0.05) is 0 Å². The van der Waals surface area contributed by atoms with Crippen molar-refractivity contribution in [3.8, 4) is 0 Å². The van der Waals surface area contributed by atoms with Crippen molar-refractivity contribution in [1.82, 2.24) is 13.5 Å². The Morgan fingerprint density at radius 1 is 1.45 bits per heavy atom. The largest absolute Gasteiger partial charge is 0.548 e. The lowest BCUT2D eigenvalue weighted by Gasteiger charge is -2.18. The number of nitrogens with zero attached hydrogens (tertiary/aromatic N) is 2. The molecule has 7 nitrogen and oxygen atoms in total. The number of aliphatic carboxylic acids is 1. The molecule has 1 aromatic heterocycles. The van der Waals surface area contributed by atoms with Gasteiger partial charge in [-0.05, 0) is 18.6 Å². The first kappa shape index (κ1) is 14.8. The van der Waals surface area contributed by atoms with Crippen LogP contribution in [0.5, 0.6) is 0 Å². The van der Waals surface area contributed by atoms with Crippen LogP contribution < -0.4 is 9.83 Å². The van der Waals surface area contributed by atoms with Crippen molar-refractivity contribution in [2.45, 2.75) is 30.7 Å². The van der Waals surface area contributed by atoms with Gasteiger partial charge in [0.2, 0.25) is 10.0 Å². The minimum Gasteiger partial charge on any atom is -0.548 e. The molecule has 1 N–H and O–H groups in total. The first-order valence-electron chi connectivity index (χ1n) is 5.90. The van der Waals surface area contributed by atoms with Gasteiger partial charge in [-0.15, -0.1) is 0 Å². The highest BCUT2D eigenvalue weighted by Gasteiger charge is 2.23. The number of carbonyl (C=O) groups is 1. The van der Waals surface area contributed by atoms with E-state index in [-0.39, 0.29) is 16.8 Å². The number of hydrogen-bond acceptors (Lipinski definition) is 7. The highest BCUT2D eigenvalue weighted by Crippen LogP contribution is 2.21. The van der Waals surface area contributed by atoms with Crippen molar-refractivity contribution in [3.05, 3.63) is 18.2 Å². The maximum absolute atomic E-state index is 12.3. The lowest BCUT2D eigenvalue weighted by molar-refractivity contribution is -0.308. The van der Waals surface area contributed by atoms with Gasteiger partial charge >= 0.3 is 0 Å². The van der Waals surface area contributed by atoms with Crippen molar-refractivity contribution >= 4 is 38.8 Å². The number of carbonyl (C=O) groups excluding carboxylic acids is 1. The molecule has 0 saturated carbocycles. The van der Waals surface area contributed by atoms with Crippen LogP contribution in [0.1, 0.15) is 19.8 Å². The zero-order chi connectivity index (χ0) is 14.8. The molecule has 108 valence electrons. The molecule has 20 heavy (non-hydrogen) atoms. The normalized spacial score (nSPS) is 13.4. The minimum absolute atomic E-state index is 0.0777. The van der Waals surface area contributed by atoms with Gasteiger partial charge in [0.05, 0.1) is 23.7 Å². The number of hydrogen-bond donors (Lipinski definition) is 1. The van der Waals surface area contributed by atoms with E-state index in [0.29, 0.717) is 11.9 Å². The fraction of sp³-hybridized carbons (Fsp3) is 0.364. The molecule has 0 unspecified atom stereocenters. The minimum atomic E-state index is -3.99. The number of fused-ring (bicyclic) bond motifs is 1. The van der Waals surface area contributed by atoms with Gasteiger partial charge in [0.25, 0.3) is 0 Å². The van der Waals surface area contributed by atoms with Crippen LogP contribution in [0.2, 0.25) is 0 Å². The van der Waals surface area contributed by atoms with E-state index in [9.17, 15) is 18.3 Å². The van der Waals surface area contributed by atoms with E-state index < -0.39 is 22.0 Å². The Kier molecular flexibility index (Phi) is 4.31. The van der Waals surface area contributed by atoms with Gasteiger partial charge in [-0.25, -0.2) is 13.1 Å². The number of carboxylic acid groups (broad SMARTS) is 1. The smallest absolute Gasteiger partial charge is 0.243 e. The van der Waals surface area contributed by atoms with E-state index in [2.05, 4.69) is 13.5 Å². The standard InChI is InChI=1S/C11H13N3O4S2/c1-2-4-8(11(15)16)14-20(17,18)9-6-3-5-7-10(9)13-19-12-7/h3,5-6,8,14H,2,4H2,1H3,(H,15,16)/p-1/t8-/m1/s1. The van der Waals surface area contributed by atoms with Gasteiger partial charge in [-0.3, -0.25) is 0 Å². The summed E-state index contributed by atoms with van der Waals surface area (Å²) in [5.41, 5.74) is 0.692. The molecule has 2 aromatic rings. The maximum atomic E-state index is 12.3. The van der Waals surface area contributed by atoms with Crippen molar-refractivity contribution in [1.29, 1.82) is 0 Å². The average molecular weight is 314 g/mol. The Balaban J connectivity index is 2.39. The summed E-state index contributed by atoms with van der Waals surface area (Å²) in [5.74, 6) is -1.45. The summed E-state index contributed by atoms with van der Waals surface area (Å²) in [6.07, 6.45) is 0.677. The predicted octanol–water partition coefficient (Wildman–Crippen LogP) is -0.112. The Morgan fingerprint density at radius 2 is 2.20 bits per heavy atom. The van der Waals surface area contributed by atoms with Crippen LogP contribution in [0.15, 0.2) is 23.1 Å². The van der Waals surface area contributed by atoms with Gasteiger partial charge in [0.15, 0.2) is 0 Å². The molecule has 0 saturated heterocycles. The van der Waals surface area contributed by atoms with Crippen LogP contribution in [0.25, 0.3) is 11.0 Å². The SMILES string of the molecule is CCC[C@@H](NS(=O)(=O)c1cccc2nsnc12)C(=O)[O-]. The predicted molar refractivity (Wildman–Crippen MR) is 71.4 cm³/mol. The second kappa shape index (κ2) is 5.81. The lowest BCUT2D eigenvalue weighted by atomic mass is 10.2. The van der Waals surface area contributed by atoms with Crippen molar-refractivity contribution in [2.75, 3.05) is 0 Å². The molecule has 0 aliphatic carbocycles. The number of nitrogens with one attached hydrogen (secondary N) is 1. The molecule has 0 fully saturated rings. The Morgan fingerprint density at radius 3 is 2.85 bits per heavy atom. The Labute approximate surface area is 120 Å². The highest BCUT2D eigenvalue weighted by molar-refractivity contribution is 7.89. The maximum Gasteiger partial charge on any atom is 0.243 e. The van der Waals surface area contributed by atoms with Crippen LogP contribution in [0.3, 0.4) is 0 Å². The Bertz CT molecular complexity index is 726. The topological polar surface area (TPSA) is 112 Å². The number of rotatable bonds is 6. The molecule has 1 atom stereocenters. The highest BCUT2D eigenvalue weighted by atomic mass is 32.2. The van der Waals surface area contributed by atoms with E-state index in [1.54, 1.807) is 13.0 Å². The molecule has 0 amide bonds. The van der Waals surface area contributed by atoms with Crippen molar-refractivity contribution in [3.63, 3.8) is 0 Å². The van der Waals surface area contributed by atoms with Crippen LogP contribution in [0, 0.1) is 0 Å². The Hall–Kier alpha value is -1.58. The summed E-state index contributed by atoms with van der Waals surface area (Å²) < 4.78 is 34.6. The third-order valence-electron chi connectivity index (χ3n) is 2.70. The quantitative estimate of drug-likeness (QED) is 0.796. The summed E-state index contributed by atoms with van der Waals surface area (Å²) in [5, 5.41) is 10.9. The third kappa shape index (κ3) is 2.94. The molecule has 9 heteroatoms. The second-order valence-corrected chi connectivity index (χ2v) is 6.38. The second-order valence-electron chi connectivity index (χ2n) is 4.17. The van der Waals surface area contributed by atoms with Crippen LogP contribution >= 0.6 is 11.7 Å². The fourth-order valence-electron chi connectivity index (χ4n) is 1.76. The van der Waals surface area contributed by atoms with Crippen molar-refractivity contribution < 1.29 is 18.3 Å². The molecule has 2 rings (SSSR count). The summed E-state index contributed by atoms with van der Waals surface area (Å²) in [6, 6.07) is 3.28. The van der Waals surface area contributed by atoms with E-state index in [4.69, 9.17) is 0 Å². The van der Waals surface area contributed by atoms with Crippen LogP contribution in [0.4, 0.5) is 0 Å². The molecule has 0 aliphatic heterocycles. The third-order valence-corrected chi connectivity index (χ3v) is 4.74. The van der Waals surface area contributed by atoms with E-state index in [0.717, 1.165) is 11.7 Å². The number of benzene rings is 1. The number of carboxylic acids is 1. The van der Waals surface area contributed by atoms with Gasteiger partial charge < -0.3 is 9.90 Å². The van der Waals surface area contributed by atoms with E-state index >= 15 is 0 Å². The number of sulfonamides is 1. The summed E-state index contributed by atoms with van der Waals surface area (Å²) >= 11 is 0.898. The molecule has 1 aromatic carbocycles. The molecule has 0 aliphatic rings. The molecule has 0 bridgehead atoms. The zero-order valence-electron chi connectivity index (χ0n) is 10.6. The van der Waals surface area contributed by atoms with Gasteiger partial charge in [0.1, 0.15) is 15.9 Å². The summed E-state index contributed by atoms with van der Waals surface area (Å²) in [6.45, 7) is 1.76. The molecular weight excluding hydrogens is 302 g/mol. The average Bonchev–Trinajstić information content (AvgIpc) is 2.85. The first-order valence-corrected chi connectivity index (χ1v) is 8.11. The van der Waals surface area contributed by atoms with Crippen molar-refractivity contribution in [2.24, 2.45) is 0 Å². The fourth-order valence-corrected chi connectivity index (χ4v) is 3.75. The van der Waals surface area contributed by atoms with E-state index in [1.807, 2.05) is 0 Å². The zero-order valence-corrected chi connectivity index (χ0v) is 12.2. The first-order chi connectivity index (χ1) is 9.45. The van der Waals surface area contributed by atoms with Gasteiger partial charge in [-0.1, -0.05) is 19.4 Å². The monoisotopic (exact) mass is 314 g/mol. The van der Waals surface area contributed by atoms with Crippen LogP contribution in [-0.4, -0.2) is 29.2 Å². The molecule has 0 spiro atoms. The summed E-state index contributed by atoms with van der Waals surface area (Å²) in [4.78, 5) is 10.9.